The largest absolute Gasteiger partial charge is 0.459 e. The normalized spacial score (nSPS) is 22.0. The lowest BCUT2D eigenvalue weighted by Crippen LogP contribution is -2.51. The van der Waals surface area contributed by atoms with E-state index < -0.39 is 41.8 Å². The Labute approximate surface area is 227 Å². The van der Waals surface area contributed by atoms with E-state index in [0.717, 1.165) is 16.7 Å². The number of rotatable bonds is 7. The summed E-state index contributed by atoms with van der Waals surface area (Å²) in [6.07, 6.45) is -3.63. The third-order valence-electron chi connectivity index (χ3n) is 6.64. The molecule has 4 rings (SSSR count). The van der Waals surface area contributed by atoms with Crippen molar-refractivity contribution < 1.29 is 33.3 Å². The molecule has 1 saturated heterocycles. The predicted molar refractivity (Wildman–Crippen MR) is 141 cm³/mol. The van der Waals surface area contributed by atoms with E-state index in [1.54, 1.807) is 72.8 Å². The molecule has 0 N–H and O–H groups in total. The van der Waals surface area contributed by atoms with Crippen molar-refractivity contribution in [1.29, 1.82) is 5.26 Å². The van der Waals surface area contributed by atoms with Gasteiger partial charge in [0.2, 0.25) is 0 Å². The fourth-order valence-electron chi connectivity index (χ4n) is 4.24. The molecule has 8 nitrogen and oxygen atoms in total. The zero-order valence-corrected chi connectivity index (χ0v) is 22.2. The molecule has 1 aliphatic heterocycles. The van der Waals surface area contributed by atoms with Crippen molar-refractivity contribution in [2.45, 2.75) is 51.6 Å². The lowest BCUT2D eigenvalue weighted by Gasteiger charge is -2.32. The summed E-state index contributed by atoms with van der Waals surface area (Å²) in [5, 5.41) is 9.91. The van der Waals surface area contributed by atoms with Gasteiger partial charge in [-0.05, 0) is 64.1 Å². The van der Waals surface area contributed by atoms with E-state index in [1.165, 1.54) is 6.92 Å². The summed E-state index contributed by atoms with van der Waals surface area (Å²) >= 11 is 0. The Morgan fingerprint density at radius 3 is 1.67 bits per heavy atom. The smallest absolute Gasteiger partial charge is 0.338 e. The van der Waals surface area contributed by atoms with Crippen molar-refractivity contribution in [2.75, 3.05) is 6.61 Å². The number of esters is 3. The highest BCUT2D eigenvalue weighted by Crippen LogP contribution is 2.38. The Hall–Kier alpha value is -4.48. The van der Waals surface area contributed by atoms with E-state index in [1.807, 2.05) is 26.8 Å². The molecule has 3 aromatic rings. The van der Waals surface area contributed by atoms with Crippen LogP contribution in [0.5, 0.6) is 0 Å². The number of ether oxygens (including phenoxy) is 4. The van der Waals surface area contributed by atoms with Crippen molar-refractivity contribution in [3.8, 4) is 6.07 Å². The van der Waals surface area contributed by atoms with Crippen LogP contribution >= 0.6 is 0 Å². The first kappa shape index (κ1) is 27.6. The van der Waals surface area contributed by atoms with Crippen LogP contribution < -0.4 is 0 Å². The first-order chi connectivity index (χ1) is 18.6. The average Bonchev–Trinajstić information content (AvgIpc) is 3.18. The van der Waals surface area contributed by atoms with E-state index in [2.05, 4.69) is 0 Å². The van der Waals surface area contributed by atoms with Gasteiger partial charge in [0.25, 0.3) is 0 Å². The third kappa shape index (κ3) is 6.16. The Kier molecular flexibility index (Phi) is 8.12. The first-order valence-corrected chi connectivity index (χ1v) is 12.5. The molecule has 39 heavy (non-hydrogen) atoms. The average molecular weight is 528 g/mol. The van der Waals surface area contributed by atoms with Crippen LogP contribution in [-0.2, 0) is 18.9 Å². The summed E-state index contributed by atoms with van der Waals surface area (Å²) in [5.74, 6) is -2.02. The lowest BCUT2D eigenvalue weighted by molar-refractivity contribution is -0.0804. The Morgan fingerprint density at radius 1 is 0.769 bits per heavy atom. The minimum absolute atomic E-state index is 0.261. The summed E-state index contributed by atoms with van der Waals surface area (Å²) in [6, 6.07) is 22.3. The van der Waals surface area contributed by atoms with Gasteiger partial charge >= 0.3 is 17.9 Å². The summed E-state index contributed by atoms with van der Waals surface area (Å²) < 4.78 is 23.0. The molecular weight excluding hydrogens is 498 g/mol. The molecule has 2 unspecified atom stereocenters. The molecular formula is C31H29NO7. The highest BCUT2D eigenvalue weighted by atomic mass is 16.7. The first-order valence-electron chi connectivity index (χ1n) is 12.5. The van der Waals surface area contributed by atoms with E-state index in [0.29, 0.717) is 5.56 Å². The van der Waals surface area contributed by atoms with Crippen molar-refractivity contribution >= 4 is 17.9 Å². The monoisotopic (exact) mass is 527 g/mol. The molecule has 0 aromatic heterocycles. The standard InChI is InChI=1S/C31H29NO7/c1-19-5-11-22(12-6-19)28(33)36-18-25-27(38-29(34)23-13-7-20(2)8-14-23)31(4,26(17-32)37-25)39-30(35)24-15-9-21(3)10-16-24/h5-16,25-27H,18H2,1-4H3/t25?,26?,27-,31+/m1/s1. The van der Waals surface area contributed by atoms with E-state index >= 15 is 0 Å². The molecule has 0 aliphatic carbocycles. The summed E-state index contributed by atoms with van der Waals surface area (Å²) in [7, 11) is 0. The second kappa shape index (κ2) is 11.5. The maximum Gasteiger partial charge on any atom is 0.338 e. The van der Waals surface area contributed by atoms with Crippen molar-refractivity contribution in [1.82, 2.24) is 0 Å². The fourth-order valence-corrected chi connectivity index (χ4v) is 4.24. The van der Waals surface area contributed by atoms with E-state index in [4.69, 9.17) is 18.9 Å². The predicted octanol–water partition coefficient (Wildman–Crippen LogP) is 4.90. The van der Waals surface area contributed by atoms with Gasteiger partial charge in [0.1, 0.15) is 12.7 Å². The zero-order chi connectivity index (χ0) is 28.2. The molecule has 0 spiro atoms. The molecule has 200 valence electrons. The van der Waals surface area contributed by atoms with Gasteiger partial charge in [0, 0.05) is 0 Å². The van der Waals surface area contributed by atoms with Crippen LogP contribution in [0.4, 0.5) is 0 Å². The Balaban J connectivity index is 1.61. The number of carbonyl (C=O) groups excluding carboxylic acids is 3. The number of hydrogen-bond acceptors (Lipinski definition) is 8. The van der Waals surface area contributed by atoms with Gasteiger partial charge in [-0.1, -0.05) is 53.1 Å². The van der Waals surface area contributed by atoms with E-state index in [9.17, 15) is 19.6 Å². The van der Waals surface area contributed by atoms with Gasteiger partial charge in [0.15, 0.2) is 17.8 Å². The SMILES string of the molecule is Cc1ccc(C(=O)OCC2OC(C#N)[C@](C)(OC(=O)c3ccc(C)cc3)[C@@H]2OC(=O)c2ccc(C)cc2)cc1. The minimum Gasteiger partial charge on any atom is -0.459 e. The second-order valence-corrected chi connectivity index (χ2v) is 9.78. The number of benzene rings is 3. The fraction of sp³-hybridized carbons (Fsp3) is 0.290. The van der Waals surface area contributed by atoms with Gasteiger partial charge in [-0.25, -0.2) is 14.4 Å². The number of hydrogen-bond donors (Lipinski definition) is 0. The molecule has 1 heterocycles. The highest BCUT2D eigenvalue weighted by molar-refractivity contribution is 5.91. The Morgan fingerprint density at radius 2 is 1.21 bits per heavy atom. The van der Waals surface area contributed by atoms with Gasteiger partial charge in [-0.2, -0.15) is 5.26 Å². The van der Waals surface area contributed by atoms with Crippen LogP contribution in [0, 0.1) is 32.1 Å². The maximum absolute atomic E-state index is 13.1. The maximum atomic E-state index is 13.1. The molecule has 0 radical (unpaired) electrons. The van der Waals surface area contributed by atoms with Crippen LogP contribution in [0.1, 0.15) is 54.7 Å². The summed E-state index contributed by atoms with van der Waals surface area (Å²) in [4.78, 5) is 38.9. The lowest BCUT2D eigenvalue weighted by atomic mass is 9.92. The van der Waals surface area contributed by atoms with Gasteiger partial charge in [-0.15, -0.1) is 0 Å². The second-order valence-electron chi connectivity index (χ2n) is 9.78. The van der Waals surface area contributed by atoms with Crippen LogP contribution in [0.25, 0.3) is 0 Å². The number of nitriles is 1. The van der Waals surface area contributed by atoms with Crippen LogP contribution in [-0.4, -0.2) is 48.4 Å². The molecule has 8 heteroatoms. The summed E-state index contributed by atoms with van der Waals surface area (Å²) in [6.45, 7) is 6.80. The van der Waals surface area contributed by atoms with Crippen molar-refractivity contribution in [3.63, 3.8) is 0 Å². The Bertz CT molecular complexity index is 1390. The molecule has 0 saturated carbocycles. The number of nitrogens with zero attached hydrogens (tertiary/aromatic N) is 1. The van der Waals surface area contributed by atoms with Gasteiger partial charge in [0.05, 0.1) is 22.8 Å². The zero-order valence-electron chi connectivity index (χ0n) is 22.2. The topological polar surface area (TPSA) is 112 Å². The van der Waals surface area contributed by atoms with Gasteiger partial charge in [-0.3, -0.25) is 0 Å². The quantitative estimate of drug-likeness (QED) is 0.315. The van der Waals surface area contributed by atoms with Gasteiger partial charge < -0.3 is 18.9 Å². The molecule has 1 aliphatic rings. The van der Waals surface area contributed by atoms with E-state index in [-0.39, 0.29) is 17.7 Å². The number of aryl methyl sites for hydroxylation is 3. The molecule has 1 fully saturated rings. The summed E-state index contributed by atoms with van der Waals surface area (Å²) in [5.41, 5.74) is 2.06. The van der Waals surface area contributed by atoms with Crippen LogP contribution in [0.2, 0.25) is 0 Å². The van der Waals surface area contributed by atoms with Crippen molar-refractivity contribution in [3.05, 3.63) is 106 Å². The van der Waals surface area contributed by atoms with Crippen LogP contribution in [0.15, 0.2) is 72.8 Å². The molecule has 0 bridgehead atoms. The molecule has 3 aromatic carbocycles. The number of carbonyl (C=O) groups is 3. The third-order valence-corrected chi connectivity index (χ3v) is 6.64. The minimum atomic E-state index is -1.70. The molecule has 4 atom stereocenters. The molecule has 0 amide bonds. The van der Waals surface area contributed by atoms with Crippen molar-refractivity contribution in [2.24, 2.45) is 0 Å². The highest BCUT2D eigenvalue weighted by Gasteiger charge is 2.60. The van der Waals surface area contributed by atoms with Crippen LogP contribution in [0.3, 0.4) is 0 Å².